The normalized spacial score (nSPS) is 15.6. The number of carbonyl (C=O) groups is 1. The fourth-order valence-electron chi connectivity index (χ4n) is 3.83. The van der Waals surface area contributed by atoms with E-state index in [0.29, 0.717) is 29.1 Å². The van der Waals surface area contributed by atoms with E-state index in [0.717, 1.165) is 36.2 Å². The summed E-state index contributed by atoms with van der Waals surface area (Å²) in [6.45, 7) is 4.42. The van der Waals surface area contributed by atoms with Crippen LogP contribution < -0.4 is 10.2 Å². The molecule has 0 fully saturated rings. The van der Waals surface area contributed by atoms with E-state index in [1.807, 2.05) is 0 Å². The van der Waals surface area contributed by atoms with Gasteiger partial charge >= 0.3 is 5.97 Å². The van der Waals surface area contributed by atoms with Gasteiger partial charge in [-0.1, -0.05) is 6.92 Å². The summed E-state index contributed by atoms with van der Waals surface area (Å²) in [5, 5.41) is 13.2. The number of aliphatic carboxylic acids is 1. The highest BCUT2D eigenvalue weighted by Crippen LogP contribution is 2.42. The molecule has 0 aromatic heterocycles. The zero-order valence-electron chi connectivity index (χ0n) is 15.6. The fourth-order valence-corrected chi connectivity index (χ4v) is 3.83. The fraction of sp³-hybridized carbons (Fsp3) is 0.300. The van der Waals surface area contributed by atoms with Gasteiger partial charge in [-0.3, -0.25) is 9.84 Å². The number of hydrogen-bond donors (Lipinski definition) is 2. The van der Waals surface area contributed by atoms with Crippen molar-refractivity contribution in [3.05, 3.63) is 46.8 Å². The second-order valence-corrected chi connectivity index (χ2v) is 6.71. The second kappa shape index (κ2) is 7.12. The number of anilines is 1. The summed E-state index contributed by atoms with van der Waals surface area (Å²) in [4.78, 5) is 18.9. The zero-order valence-corrected chi connectivity index (χ0v) is 15.6. The molecule has 0 amide bonds. The maximum absolute atomic E-state index is 14.0. The first-order valence-corrected chi connectivity index (χ1v) is 9.02. The molecular weight excluding hydrogens is 365 g/mol. The van der Waals surface area contributed by atoms with Gasteiger partial charge in [0, 0.05) is 24.2 Å². The molecule has 2 aliphatic rings. The molecule has 7 nitrogen and oxygen atoms in total. The van der Waals surface area contributed by atoms with Crippen LogP contribution in [0, 0.1) is 5.82 Å². The van der Waals surface area contributed by atoms with Gasteiger partial charge in [-0.05, 0) is 59.1 Å². The molecule has 2 aromatic carbocycles. The van der Waals surface area contributed by atoms with Gasteiger partial charge in [-0.25, -0.2) is 9.18 Å². The van der Waals surface area contributed by atoms with Crippen molar-refractivity contribution < 1.29 is 24.0 Å². The molecule has 146 valence electrons. The highest BCUT2D eigenvalue weighted by molar-refractivity contribution is 6.44. The Kier molecular flexibility index (Phi) is 4.64. The number of likely N-dealkylation sites (N-methyl/N-ethyl adjacent to an activating group) is 1. The van der Waals surface area contributed by atoms with E-state index in [9.17, 15) is 14.3 Å². The lowest BCUT2D eigenvalue weighted by Crippen LogP contribution is -2.33. The predicted octanol–water partition coefficient (Wildman–Crippen LogP) is 3.03. The van der Waals surface area contributed by atoms with E-state index in [1.165, 1.54) is 19.2 Å². The van der Waals surface area contributed by atoms with Crippen molar-refractivity contribution in [2.75, 3.05) is 25.7 Å². The largest absolute Gasteiger partial charge is 0.496 e. The number of hydrogen-bond acceptors (Lipinski definition) is 6. The lowest BCUT2D eigenvalue weighted by Gasteiger charge is -2.32. The first-order valence-electron chi connectivity index (χ1n) is 9.02. The number of nitrogens with zero attached hydrogens (tertiary/aromatic N) is 2. The van der Waals surface area contributed by atoms with Gasteiger partial charge in [-0.2, -0.15) is 5.48 Å². The maximum Gasteiger partial charge on any atom is 0.358 e. The van der Waals surface area contributed by atoms with Crippen molar-refractivity contribution in [3.8, 4) is 16.9 Å². The predicted molar refractivity (Wildman–Crippen MR) is 102 cm³/mol. The highest BCUT2D eigenvalue weighted by Gasteiger charge is 2.31. The van der Waals surface area contributed by atoms with Crippen LogP contribution in [0.15, 0.2) is 29.4 Å². The number of ether oxygens (including phenoxy) is 1. The van der Waals surface area contributed by atoms with Crippen LogP contribution in [-0.4, -0.2) is 41.9 Å². The van der Waals surface area contributed by atoms with Crippen molar-refractivity contribution in [2.45, 2.75) is 19.9 Å². The van der Waals surface area contributed by atoms with Gasteiger partial charge in [0.15, 0.2) is 5.71 Å². The number of rotatable bonds is 4. The molecule has 2 heterocycles. The third-order valence-corrected chi connectivity index (χ3v) is 5.25. The number of fused-ring (bicyclic) bond motifs is 3. The van der Waals surface area contributed by atoms with Crippen molar-refractivity contribution in [1.82, 2.24) is 4.90 Å². The van der Waals surface area contributed by atoms with Crippen molar-refractivity contribution in [3.63, 3.8) is 0 Å². The molecule has 0 spiro atoms. The Morgan fingerprint density at radius 3 is 2.86 bits per heavy atom. The molecule has 0 aliphatic carbocycles. The van der Waals surface area contributed by atoms with Gasteiger partial charge in [0.25, 0.3) is 0 Å². The van der Waals surface area contributed by atoms with Gasteiger partial charge in [0.05, 0.1) is 12.8 Å². The summed E-state index contributed by atoms with van der Waals surface area (Å²) in [5.74, 6) is -1.06. The van der Waals surface area contributed by atoms with E-state index < -0.39 is 5.97 Å². The number of benzene rings is 2. The van der Waals surface area contributed by atoms with Crippen molar-refractivity contribution >= 4 is 17.4 Å². The highest BCUT2D eigenvalue weighted by atomic mass is 19.1. The molecule has 8 heteroatoms. The van der Waals surface area contributed by atoms with Gasteiger partial charge in [0.2, 0.25) is 0 Å². The lowest BCUT2D eigenvalue weighted by molar-refractivity contribution is -0.129. The summed E-state index contributed by atoms with van der Waals surface area (Å²) >= 11 is 0. The van der Waals surface area contributed by atoms with Crippen molar-refractivity contribution in [2.24, 2.45) is 5.16 Å². The summed E-state index contributed by atoms with van der Waals surface area (Å²) in [6, 6.07) is 6.06. The molecule has 4 rings (SSSR count). The van der Waals surface area contributed by atoms with Gasteiger partial charge < -0.3 is 9.84 Å². The molecule has 2 N–H and O–H groups in total. The van der Waals surface area contributed by atoms with Crippen LogP contribution in [0.3, 0.4) is 0 Å². The Bertz CT molecular complexity index is 990. The van der Waals surface area contributed by atoms with E-state index in [2.05, 4.69) is 22.5 Å². The molecule has 0 saturated carbocycles. The topological polar surface area (TPSA) is 83.4 Å². The number of carboxylic acids is 1. The Morgan fingerprint density at radius 2 is 2.14 bits per heavy atom. The Balaban J connectivity index is 2.01. The molecule has 28 heavy (non-hydrogen) atoms. The zero-order chi connectivity index (χ0) is 19.8. The average molecular weight is 385 g/mol. The molecule has 2 aromatic rings. The van der Waals surface area contributed by atoms with Crippen LogP contribution in [0.2, 0.25) is 0 Å². The first kappa shape index (κ1) is 18.2. The summed E-state index contributed by atoms with van der Waals surface area (Å²) in [7, 11) is 1.53. The van der Waals surface area contributed by atoms with Crippen LogP contribution in [0.25, 0.3) is 11.1 Å². The number of oxime groups is 1. The molecule has 0 saturated heterocycles. The summed E-state index contributed by atoms with van der Waals surface area (Å²) < 4.78 is 19.5. The quantitative estimate of drug-likeness (QED) is 0.842. The van der Waals surface area contributed by atoms with Crippen LogP contribution in [0.4, 0.5) is 10.1 Å². The lowest BCUT2D eigenvalue weighted by atomic mass is 9.85. The number of halogens is 1. The third kappa shape index (κ3) is 2.95. The molecule has 0 atom stereocenters. The standard InChI is InChI=1S/C20H20FN3O4/c1-3-24-7-6-12-13(14-8-11(21)4-5-17(14)27-2)9-15-18(16(12)10-24)22-28-23-19(15)20(25)26/h4-5,8-9,22H,3,6-7,10H2,1-2H3,(H,25,26). The Morgan fingerprint density at radius 1 is 1.32 bits per heavy atom. The van der Waals surface area contributed by atoms with Crippen LogP contribution >= 0.6 is 0 Å². The summed E-state index contributed by atoms with van der Waals surface area (Å²) in [6.07, 6.45) is 0.743. The van der Waals surface area contributed by atoms with Gasteiger partial charge in [0.1, 0.15) is 11.6 Å². The van der Waals surface area contributed by atoms with E-state index in [4.69, 9.17) is 9.68 Å². The Labute approximate surface area is 161 Å². The minimum absolute atomic E-state index is 0.193. The first-order chi connectivity index (χ1) is 13.5. The molecule has 0 bridgehead atoms. The number of nitrogens with one attached hydrogen (secondary N) is 1. The van der Waals surface area contributed by atoms with Crippen LogP contribution in [-0.2, 0) is 22.7 Å². The molecule has 2 aliphatic heterocycles. The van der Waals surface area contributed by atoms with E-state index in [1.54, 1.807) is 12.1 Å². The van der Waals surface area contributed by atoms with Crippen LogP contribution in [0.1, 0.15) is 23.6 Å². The third-order valence-electron chi connectivity index (χ3n) is 5.25. The smallest absolute Gasteiger partial charge is 0.358 e. The molecular formula is C20H20FN3O4. The Hall–Kier alpha value is -3.13. The van der Waals surface area contributed by atoms with Crippen molar-refractivity contribution in [1.29, 1.82) is 0 Å². The number of carboxylic acid groups (broad SMARTS) is 1. The minimum atomic E-state index is -1.19. The molecule has 0 unspecified atom stereocenters. The second-order valence-electron chi connectivity index (χ2n) is 6.71. The van der Waals surface area contributed by atoms with E-state index in [-0.39, 0.29) is 11.5 Å². The van der Waals surface area contributed by atoms with E-state index >= 15 is 0 Å². The monoisotopic (exact) mass is 385 g/mol. The van der Waals surface area contributed by atoms with Crippen LogP contribution in [0.5, 0.6) is 5.75 Å². The number of methoxy groups -OCH3 is 1. The maximum atomic E-state index is 14.0. The summed E-state index contributed by atoms with van der Waals surface area (Å²) in [5.41, 5.74) is 6.86. The SMILES string of the molecule is CCN1CCc2c(-c3cc(F)ccc3OC)cc3c(c2C1)NON=C3C(=O)O. The average Bonchev–Trinajstić information content (AvgIpc) is 2.72. The molecule has 0 radical (unpaired) electrons. The minimum Gasteiger partial charge on any atom is -0.496 e. The van der Waals surface area contributed by atoms with Gasteiger partial charge in [-0.15, -0.1) is 0 Å².